The zero-order chi connectivity index (χ0) is 13.6. The number of hydrogen-bond acceptors (Lipinski definition) is 4. The number of carbonyl (C=O) groups excluding carboxylic acids is 1. The van der Waals surface area contributed by atoms with Gasteiger partial charge in [0.25, 0.3) is 0 Å². The van der Waals surface area contributed by atoms with Crippen molar-refractivity contribution in [2.75, 3.05) is 7.11 Å². The Hall–Kier alpha value is -1.85. The van der Waals surface area contributed by atoms with Crippen molar-refractivity contribution < 1.29 is 19.4 Å². The topological polar surface area (TPSA) is 81.4 Å². The van der Waals surface area contributed by atoms with E-state index in [1.807, 2.05) is 4.57 Å². The molecule has 6 nitrogen and oxygen atoms in total. The fraction of sp³-hybridized carbons (Fsp3) is 0.615. The number of aromatic carboxylic acids is 1. The van der Waals surface area contributed by atoms with Crippen LogP contribution < -0.4 is 0 Å². The van der Waals surface area contributed by atoms with E-state index < -0.39 is 5.97 Å². The Morgan fingerprint density at radius 2 is 2.11 bits per heavy atom. The summed E-state index contributed by atoms with van der Waals surface area (Å²) >= 11 is 0. The minimum Gasteiger partial charge on any atom is -0.476 e. The number of carboxylic acids is 1. The molecule has 0 spiro atoms. The van der Waals surface area contributed by atoms with Gasteiger partial charge >= 0.3 is 11.9 Å². The smallest absolute Gasteiger partial charge is 0.356 e. The molecule has 1 aromatic rings. The minimum atomic E-state index is -0.979. The number of carboxylic acid groups (broad SMARTS) is 1. The maximum atomic E-state index is 11.6. The van der Waals surface area contributed by atoms with Gasteiger partial charge in [-0.3, -0.25) is 4.79 Å². The Morgan fingerprint density at radius 3 is 2.68 bits per heavy atom. The molecule has 1 aliphatic carbocycles. The summed E-state index contributed by atoms with van der Waals surface area (Å²) in [6.07, 6.45) is 3.31. The molecule has 1 unspecified atom stereocenters. The van der Waals surface area contributed by atoms with Crippen molar-refractivity contribution in [3.63, 3.8) is 0 Å². The van der Waals surface area contributed by atoms with Crippen molar-refractivity contribution in [1.29, 1.82) is 0 Å². The van der Waals surface area contributed by atoms with Crippen molar-refractivity contribution in [3.8, 4) is 0 Å². The molecule has 0 bridgehead atoms. The van der Waals surface area contributed by atoms with E-state index in [2.05, 4.69) is 4.98 Å². The van der Waals surface area contributed by atoms with Crippen LogP contribution in [0.4, 0.5) is 0 Å². The van der Waals surface area contributed by atoms with Crippen LogP contribution in [0, 0.1) is 5.92 Å². The third-order valence-electron chi connectivity index (χ3n) is 3.91. The van der Waals surface area contributed by atoms with Gasteiger partial charge in [0.2, 0.25) is 0 Å². The second-order valence-electron chi connectivity index (χ2n) is 5.21. The highest BCUT2D eigenvalue weighted by atomic mass is 16.5. The van der Waals surface area contributed by atoms with Gasteiger partial charge in [0.05, 0.1) is 18.7 Å². The van der Waals surface area contributed by atoms with E-state index in [0.29, 0.717) is 25.3 Å². The maximum absolute atomic E-state index is 11.6. The van der Waals surface area contributed by atoms with Crippen LogP contribution in [0.15, 0.2) is 0 Å². The highest BCUT2D eigenvalue weighted by molar-refractivity contribution is 5.87. The fourth-order valence-electron chi connectivity index (χ4n) is 2.77. The van der Waals surface area contributed by atoms with Gasteiger partial charge < -0.3 is 14.4 Å². The molecule has 0 saturated heterocycles. The lowest BCUT2D eigenvalue weighted by molar-refractivity contribution is -0.146. The van der Waals surface area contributed by atoms with E-state index in [1.54, 1.807) is 0 Å². The monoisotopic (exact) mass is 264 g/mol. The molecular formula is C13H16N2O4. The average Bonchev–Trinajstić information content (AvgIpc) is 3.17. The summed E-state index contributed by atoms with van der Waals surface area (Å²) in [6, 6.07) is 0. The van der Waals surface area contributed by atoms with Crippen LogP contribution in [0.1, 0.15) is 47.2 Å². The van der Waals surface area contributed by atoms with Gasteiger partial charge in [-0.2, -0.15) is 0 Å². The molecule has 2 heterocycles. The van der Waals surface area contributed by atoms with Crippen LogP contribution in [0.5, 0.6) is 0 Å². The van der Waals surface area contributed by atoms with Gasteiger partial charge in [-0.1, -0.05) is 0 Å². The zero-order valence-corrected chi connectivity index (χ0v) is 10.8. The molecule has 1 aromatic heterocycles. The first-order chi connectivity index (χ1) is 9.11. The van der Waals surface area contributed by atoms with Crippen molar-refractivity contribution in [2.45, 2.75) is 38.1 Å². The Bertz CT molecular complexity index is 545. The lowest BCUT2D eigenvalue weighted by Crippen LogP contribution is -2.29. The number of aromatic nitrogens is 2. The van der Waals surface area contributed by atoms with E-state index in [9.17, 15) is 14.7 Å². The first-order valence-corrected chi connectivity index (χ1v) is 6.52. The molecule has 0 aromatic carbocycles. The molecule has 19 heavy (non-hydrogen) atoms. The van der Waals surface area contributed by atoms with Crippen LogP contribution in [0.2, 0.25) is 0 Å². The average molecular weight is 264 g/mol. The number of nitrogens with zero attached hydrogens (tertiary/aromatic N) is 2. The minimum absolute atomic E-state index is 0.158. The summed E-state index contributed by atoms with van der Waals surface area (Å²) in [4.78, 5) is 27.2. The first kappa shape index (κ1) is 12.2. The van der Waals surface area contributed by atoms with E-state index in [1.165, 1.54) is 7.11 Å². The van der Waals surface area contributed by atoms with E-state index in [0.717, 1.165) is 24.4 Å². The van der Waals surface area contributed by atoms with Crippen LogP contribution in [-0.4, -0.2) is 33.7 Å². The number of fused-ring (bicyclic) bond motifs is 1. The van der Waals surface area contributed by atoms with Crippen molar-refractivity contribution in [1.82, 2.24) is 9.55 Å². The molecule has 3 rings (SSSR count). The Kier molecular flexibility index (Phi) is 2.80. The fourth-order valence-corrected chi connectivity index (χ4v) is 2.77. The van der Waals surface area contributed by atoms with Gasteiger partial charge in [-0.25, -0.2) is 9.78 Å². The molecule has 1 fully saturated rings. The zero-order valence-electron chi connectivity index (χ0n) is 10.8. The highest BCUT2D eigenvalue weighted by Gasteiger charge is 2.36. The third kappa shape index (κ3) is 2.01. The second-order valence-corrected chi connectivity index (χ2v) is 5.21. The van der Waals surface area contributed by atoms with Crippen LogP contribution in [0.25, 0.3) is 0 Å². The Labute approximate surface area is 110 Å². The standard InChI is InChI=1S/C13H16N2O4/c1-19-13(18)8-4-5-9-10(12(16)17)14-11(7-2-3-7)15(9)6-8/h7-8H,2-6H2,1H3,(H,16,17). The van der Waals surface area contributed by atoms with E-state index in [4.69, 9.17) is 4.74 Å². The SMILES string of the molecule is COC(=O)C1CCc2c(C(=O)O)nc(C3CC3)n2C1. The van der Waals surface area contributed by atoms with Gasteiger partial charge in [0.15, 0.2) is 5.69 Å². The number of ether oxygens (including phenoxy) is 1. The van der Waals surface area contributed by atoms with Crippen molar-refractivity contribution >= 4 is 11.9 Å². The van der Waals surface area contributed by atoms with Gasteiger partial charge in [-0.05, 0) is 25.7 Å². The van der Waals surface area contributed by atoms with Gasteiger partial charge in [0, 0.05) is 12.5 Å². The van der Waals surface area contributed by atoms with Crippen LogP contribution in [0.3, 0.4) is 0 Å². The van der Waals surface area contributed by atoms with Crippen molar-refractivity contribution in [3.05, 3.63) is 17.2 Å². The predicted molar refractivity (Wildman–Crippen MR) is 65.0 cm³/mol. The molecule has 0 radical (unpaired) electrons. The van der Waals surface area contributed by atoms with E-state index in [-0.39, 0.29) is 17.6 Å². The van der Waals surface area contributed by atoms with Crippen LogP contribution >= 0.6 is 0 Å². The van der Waals surface area contributed by atoms with Gasteiger partial charge in [0.1, 0.15) is 5.82 Å². The summed E-state index contributed by atoms with van der Waals surface area (Å²) in [7, 11) is 1.39. The van der Waals surface area contributed by atoms with Gasteiger partial charge in [-0.15, -0.1) is 0 Å². The first-order valence-electron chi connectivity index (χ1n) is 6.52. The summed E-state index contributed by atoms with van der Waals surface area (Å²) in [5.41, 5.74) is 0.916. The molecule has 1 N–H and O–H groups in total. The van der Waals surface area contributed by atoms with Crippen LogP contribution in [-0.2, 0) is 22.5 Å². The largest absolute Gasteiger partial charge is 0.476 e. The molecule has 1 aliphatic heterocycles. The predicted octanol–water partition coefficient (Wildman–Crippen LogP) is 1.19. The Balaban J connectivity index is 1.98. The molecule has 1 saturated carbocycles. The third-order valence-corrected chi connectivity index (χ3v) is 3.91. The molecule has 6 heteroatoms. The molecule has 2 aliphatic rings. The quantitative estimate of drug-likeness (QED) is 0.829. The summed E-state index contributed by atoms with van der Waals surface area (Å²) in [5, 5.41) is 9.21. The number of carbonyl (C=O) groups is 2. The number of esters is 1. The summed E-state index contributed by atoms with van der Waals surface area (Å²) < 4.78 is 6.72. The summed E-state index contributed by atoms with van der Waals surface area (Å²) in [5.74, 6) is -0.194. The number of imidazole rings is 1. The maximum Gasteiger partial charge on any atom is 0.356 e. The summed E-state index contributed by atoms with van der Waals surface area (Å²) in [6.45, 7) is 0.494. The van der Waals surface area contributed by atoms with E-state index >= 15 is 0 Å². The Morgan fingerprint density at radius 1 is 1.37 bits per heavy atom. The highest BCUT2D eigenvalue weighted by Crippen LogP contribution is 2.41. The van der Waals surface area contributed by atoms with Crippen molar-refractivity contribution in [2.24, 2.45) is 5.92 Å². The number of rotatable bonds is 3. The molecule has 0 amide bonds. The lowest BCUT2D eigenvalue weighted by Gasteiger charge is -2.23. The lowest BCUT2D eigenvalue weighted by atomic mass is 9.97. The normalized spacial score (nSPS) is 21.8. The molecular weight excluding hydrogens is 248 g/mol. The number of methoxy groups -OCH3 is 1. The second kappa shape index (κ2) is 4.36. The number of hydrogen-bond donors (Lipinski definition) is 1. The molecule has 102 valence electrons. The molecule has 1 atom stereocenters.